The number of rotatable bonds is 3. The van der Waals surface area contributed by atoms with Crippen LogP contribution < -0.4 is 5.32 Å². The average molecular weight is 259 g/mol. The zero-order valence-corrected chi connectivity index (χ0v) is 11.5. The number of nitrogens with zero attached hydrogens (tertiary/aromatic N) is 2. The second-order valence-corrected chi connectivity index (χ2v) is 6.23. The van der Waals surface area contributed by atoms with Crippen molar-refractivity contribution in [3.05, 3.63) is 40.4 Å². The van der Waals surface area contributed by atoms with Crippen LogP contribution in [0.15, 0.2) is 24.3 Å². The van der Waals surface area contributed by atoms with E-state index in [1.165, 1.54) is 24.0 Å². The number of hydrogen-bond acceptors (Lipinski definition) is 4. The van der Waals surface area contributed by atoms with Crippen molar-refractivity contribution in [1.82, 2.24) is 10.2 Å². The topological polar surface area (TPSA) is 37.8 Å². The summed E-state index contributed by atoms with van der Waals surface area (Å²) in [7, 11) is 0. The Bertz CT molecular complexity index is 543. The molecule has 0 aliphatic heterocycles. The Morgan fingerprint density at radius 1 is 1.22 bits per heavy atom. The predicted molar refractivity (Wildman–Crippen MR) is 75.2 cm³/mol. The van der Waals surface area contributed by atoms with E-state index in [1.807, 2.05) is 6.92 Å². The molecule has 1 saturated carbocycles. The lowest BCUT2D eigenvalue weighted by Crippen LogP contribution is -2.33. The Balaban J connectivity index is 1.57. The predicted octanol–water partition coefficient (Wildman–Crippen LogP) is 3.51. The van der Waals surface area contributed by atoms with Crippen LogP contribution in [-0.4, -0.2) is 16.2 Å². The number of nitrogens with one attached hydrogen (secondary N) is 1. The van der Waals surface area contributed by atoms with Crippen LogP contribution in [0, 0.1) is 13.8 Å². The molecular formula is C14H17N3S. The molecule has 1 heterocycles. The van der Waals surface area contributed by atoms with E-state index in [2.05, 4.69) is 46.7 Å². The van der Waals surface area contributed by atoms with E-state index in [-0.39, 0.29) is 0 Å². The number of benzene rings is 1. The standard InChI is InChI=1S/C14H17N3S/c1-9-4-3-5-11(6-9)12-7-13(8-12)15-14-17-16-10(2)18-14/h3-6,12-13H,7-8H2,1-2H3,(H,15,17). The Morgan fingerprint density at radius 3 is 2.72 bits per heavy atom. The van der Waals surface area contributed by atoms with Crippen LogP contribution in [0.5, 0.6) is 0 Å². The zero-order valence-electron chi connectivity index (χ0n) is 10.7. The summed E-state index contributed by atoms with van der Waals surface area (Å²) in [4.78, 5) is 0. The highest BCUT2D eigenvalue weighted by atomic mass is 32.1. The lowest BCUT2D eigenvalue weighted by Gasteiger charge is -2.36. The molecule has 3 rings (SSSR count). The number of aromatic nitrogens is 2. The van der Waals surface area contributed by atoms with Crippen LogP contribution >= 0.6 is 11.3 Å². The van der Waals surface area contributed by atoms with Gasteiger partial charge in [-0.2, -0.15) is 0 Å². The summed E-state index contributed by atoms with van der Waals surface area (Å²) in [5.41, 5.74) is 2.82. The first-order chi connectivity index (χ1) is 8.70. The van der Waals surface area contributed by atoms with Gasteiger partial charge in [0.25, 0.3) is 0 Å². The maximum absolute atomic E-state index is 4.11. The SMILES string of the molecule is Cc1cccc(C2CC(Nc3nnc(C)s3)C2)c1. The average Bonchev–Trinajstić information content (AvgIpc) is 2.69. The highest BCUT2D eigenvalue weighted by molar-refractivity contribution is 7.15. The van der Waals surface area contributed by atoms with Gasteiger partial charge in [0.2, 0.25) is 5.13 Å². The second-order valence-electron chi connectivity index (χ2n) is 5.05. The van der Waals surface area contributed by atoms with E-state index in [0.717, 1.165) is 10.1 Å². The lowest BCUT2D eigenvalue weighted by atomic mass is 9.75. The molecule has 2 aromatic rings. The second kappa shape index (κ2) is 4.69. The zero-order chi connectivity index (χ0) is 12.5. The molecule has 18 heavy (non-hydrogen) atoms. The molecule has 94 valence electrons. The van der Waals surface area contributed by atoms with Crippen molar-refractivity contribution in [3.63, 3.8) is 0 Å². The number of hydrogen-bond donors (Lipinski definition) is 1. The fourth-order valence-corrected chi connectivity index (χ4v) is 3.13. The normalized spacial score (nSPS) is 22.6. The molecule has 0 unspecified atom stereocenters. The fourth-order valence-electron chi connectivity index (χ4n) is 2.46. The van der Waals surface area contributed by atoms with E-state index < -0.39 is 0 Å². The summed E-state index contributed by atoms with van der Waals surface area (Å²) in [5.74, 6) is 0.705. The maximum Gasteiger partial charge on any atom is 0.205 e. The molecule has 1 aliphatic carbocycles. The van der Waals surface area contributed by atoms with Gasteiger partial charge in [0.15, 0.2) is 0 Å². The van der Waals surface area contributed by atoms with Crippen LogP contribution in [0.2, 0.25) is 0 Å². The molecule has 0 radical (unpaired) electrons. The van der Waals surface area contributed by atoms with Gasteiger partial charge >= 0.3 is 0 Å². The maximum atomic E-state index is 4.11. The Kier molecular flexibility index (Phi) is 3.04. The molecule has 1 aliphatic rings. The Hall–Kier alpha value is -1.42. The summed E-state index contributed by atoms with van der Waals surface area (Å²) in [5, 5.41) is 13.6. The highest BCUT2D eigenvalue weighted by Crippen LogP contribution is 2.38. The van der Waals surface area contributed by atoms with Gasteiger partial charge in [-0.05, 0) is 38.2 Å². The summed E-state index contributed by atoms with van der Waals surface area (Å²) < 4.78 is 0. The molecule has 0 saturated heterocycles. The first-order valence-electron chi connectivity index (χ1n) is 6.34. The minimum absolute atomic E-state index is 0.558. The summed E-state index contributed by atoms with van der Waals surface area (Å²) in [6, 6.07) is 9.41. The molecule has 1 aromatic heterocycles. The molecular weight excluding hydrogens is 242 g/mol. The van der Waals surface area contributed by atoms with Crippen molar-refractivity contribution in [2.75, 3.05) is 5.32 Å². The minimum Gasteiger partial charge on any atom is -0.357 e. The summed E-state index contributed by atoms with van der Waals surface area (Å²) in [6.45, 7) is 4.14. The highest BCUT2D eigenvalue weighted by Gasteiger charge is 2.30. The van der Waals surface area contributed by atoms with E-state index in [1.54, 1.807) is 11.3 Å². The quantitative estimate of drug-likeness (QED) is 0.916. The van der Waals surface area contributed by atoms with Crippen molar-refractivity contribution >= 4 is 16.5 Å². The molecule has 1 fully saturated rings. The van der Waals surface area contributed by atoms with Crippen LogP contribution in [0.25, 0.3) is 0 Å². The number of aryl methyl sites for hydroxylation is 2. The van der Waals surface area contributed by atoms with Gasteiger partial charge in [-0.25, -0.2) is 0 Å². The van der Waals surface area contributed by atoms with Crippen molar-refractivity contribution in [2.24, 2.45) is 0 Å². The smallest absolute Gasteiger partial charge is 0.205 e. The van der Waals surface area contributed by atoms with E-state index in [0.29, 0.717) is 12.0 Å². The molecule has 1 aromatic carbocycles. The minimum atomic E-state index is 0.558. The molecule has 1 N–H and O–H groups in total. The van der Waals surface area contributed by atoms with E-state index in [4.69, 9.17) is 0 Å². The molecule has 3 nitrogen and oxygen atoms in total. The van der Waals surface area contributed by atoms with Gasteiger partial charge in [-0.3, -0.25) is 0 Å². The molecule has 0 atom stereocenters. The Labute approximate surface area is 111 Å². The third-order valence-corrected chi connectivity index (χ3v) is 4.28. The third kappa shape index (κ3) is 2.38. The largest absolute Gasteiger partial charge is 0.357 e. The van der Waals surface area contributed by atoms with E-state index in [9.17, 15) is 0 Å². The Morgan fingerprint density at radius 2 is 2.06 bits per heavy atom. The van der Waals surface area contributed by atoms with Crippen molar-refractivity contribution in [2.45, 2.75) is 38.6 Å². The summed E-state index contributed by atoms with van der Waals surface area (Å²) >= 11 is 1.63. The molecule has 4 heteroatoms. The van der Waals surface area contributed by atoms with Gasteiger partial charge in [-0.15, -0.1) is 10.2 Å². The molecule has 0 bridgehead atoms. The van der Waals surface area contributed by atoms with Gasteiger partial charge in [0.1, 0.15) is 5.01 Å². The van der Waals surface area contributed by atoms with Crippen LogP contribution in [0.1, 0.15) is 34.9 Å². The molecule has 0 spiro atoms. The van der Waals surface area contributed by atoms with E-state index >= 15 is 0 Å². The van der Waals surface area contributed by atoms with Crippen molar-refractivity contribution in [1.29, 1.82) is 0 Å². The number of anilines is 1. The van der Waals surface area contributed by atoms with Gasteiger partial charge < -0.3 is 5.32 Å². The van der Waals surface area contributed by atoms with Crippen LogP contribution in [0.4, 0.5) is 5.13 Å². The van der Waals surface area contributed by atoms with Gasteiger partial charge in [-0.1, -0.05) is 41.2 Å². The lowest BCUT2D eigenvalue weighted by molar-refractivity contribution is 0.374. The molecule has 0 amide bonds. The van der Waals surface area contributed by atoms with Crippen LogP contribution in [-0.2, 0) is 0 Å². The summed E-state index contributed by atoms with van der Waals surface area (Å²) in [6.07, 6.45) is 2.39. The monoisotopic (exact) mass is 259 g/mol. The first kappa shape index (κ1) is 11.7. The van der Waals surface area contributed by atoms with Crippen LogP contribution in [0.3, 0.4) is 0 Å². The fraction of sp³-hybridized carbons (Fsp3) is 0.429. The first-order valence-corrected chi connectivity index (χ1v) is 7.15. The third-order valence-electron chi connectivity index (χ3n) is 3.51. The van der Waals surface area contributed by atoms with Gasteiger partial charge in [0, 0.05) is 6.04 Å². The van der Waals surface area contributed by atoms with Crippen molar-refractivity contribution in [3.8, 4) is 0 Å². The van der Waals surface area contributed by atoms with Gasteiger partial charge in [0.05, 0.1) is 0 Å². The van der Waals surface area contributed by atoms with Crippen molar-refractivity contribution < 1.29 is 0 Å².